The van der Waals surface area contributed by atoms with Crippen molar-refractivity contribution >= 4 is 39.1 Å². The van der Waals surface area contributed by atoms with Crippen LogP contribution in [-0.4, -0.2) is 23.5 Å². The number of ketones is 1. The molecule has 0 spiro atoms. The standard InChI is InChI=1S/C17H20BrN3O4/c1-4-25-16(24)13-15(23)14(12(22)8-17(13,2)3)21-20-11-6-5-9(19)7-10(11)18/h5-7,13,23H,4,8,19H2,1-3H3/b21-20+. The monoisotopic (exact) mass is 409 g/mol. The lowest BCUT2D eigenvalue weighted by Crippen LogP contribution is -2.40. The van der Waals surface area contributed by atoms with E-state index in [0.29, 0.717) is 15.8 Å². The SMILES string of the molecule is CCOC(=O)C1C(O)=C(/N=N/c2ccc(N)cc2Br)C(=O)CC1(C)C. The van der Waals surface area contributed by atoms with Crippen LogP contribution in [0.15, 0.2) is 44.4 Å². The van der Waals surface area contributed by atoms with Crippen LogP contribution >= 0.6 is 15.9 Å². The number of hydrogen-bond acceptors (Lipinski definition) is 7. The zero-order valence-electron chi connectivity index (χ0n) is 14.2. The molecule has 1 aliphatic carbocycles. The molecule has 8 heteroatoms. The summed E-state index contributed by atoms with van der Waals surface area (Å²) in [6.45, 7) is 5.32. The fraction of sp³-hybridized carbons (Fsp3) is 0.412. The highest BCUT2D eigenvalue weighted by molar-refractivity contribution is 9.10. The number of aliphatic hydroxyl groups is 1. The van der Waals surface area contributed by atoms with Crippen molar-refractivity contribution in [1.29, 1.82) is 0 Å². The van der Waals surface area contributed by atoms with Gasteiger partial charge in [-0.2, -0.15) is 0 Å². The first-order chi connectivity index (χ1) is 11.7. The summed E-state index contributed by atoms with van der Waals surface area (Å²) in [6.07, 6.45) is 0.0534. The highest BCUT2D eigenvalue weighted by Gasteiger charge is 2.47. The Bertz CT molecular complexity index is 771. The second kappa shape index (κ2) is 7.35. The number of nitrogens with zero attached hydrogens (tertiary/aromatic N) is 2. The summed E-state index contributed by atoms with van der Waals surface area (Å²) in [5.74, 6) is -2.33. The van der Waals surface area contributed by atoms with Crippen LogP contribution < -0.4 is 5.73 Å². The minimum absolute atomic E-state index is 0.0534. The highest BCUT2D eigenvalue weighted by Crippen LogP contribution is 2.42. The number of carbonyl (C=O) groups excluding carboxylic acids is 2. The molecule has 0 saturated heterocycles. The number of esters is 1. The maximum Gasteiger partial charge on any atom is 0.317 e. The molecule has 1 aromatic carbocycles. The number of allylic oxidation sites excluding steroid dienone is 1. The van der Waals surface area contributed by atoms with E-state index in [-0.39, 0.29) is 24.5 Å². The molecule has 0 amide bonds. The number of anilines is 1. The summed E-state index contributed by atoms with van der Waals surface area (Å²) < 4.78 is 5.63. The smallest absolute Gasteiger partial charge is 0.317 e. The van der Waals surface area contributed by atoms with E-state index < -0.39 is 23.1 Å². The topological polar surface area (TPSA) is 114 Å². The van der Waals surface area contributed by atoms with Crippen molar-refractivity contribution in [2.24, 2.45) is 21.6 Å². The van der Waals surface area contributed by atoms with E-state index in [9.17, 15) is 14.7 Å². The Morgan fingerprint density at radius 1 is 1.44 bits per heavy atom. The second-order valence-electron chi connectivity index (χ2n) is 6.42. The lowest BCUT2D eigenvalue weighted by molar-refractivity contribution is -0.152. The number of hydrogen-bond donors (Lipinski definition) is 2. The second-order valence-corrected chi connectivity index (χ2v) is 7.27. The van der Waals surface area contributed by atoms with Crippen molar-refractivity contribution in [3.8, 4) is 0 Å². The third-order valence-corrected chi connectivity index (χ3v) is 4.56. The van der Waals surface area contributed by atoms with Crippen LogP contribution in [0.5, 0.6) is 0 Å². The molecule has 0 fully saturated rings. The number of Topliss-reactive ketones (excluding diaryl/α,β-unsaturated/α-hetero) is 1. The van der Waals surface area contributed by atoms with Crippen molar-refractivity contribution in [2.75, 3.05) is 12.3 Å². The van der Waals surface area contributed by atoms with E-state index >= 15 is 0 Å². The van der Waals surface area contributed by atoms with Crippen LogP contribution in [0.25, 0.3) is 0 Å². The number of rotatable bonds is 4. The zero-order chi connectivity index (χ0) is 18.8. The summed E-state index contributed by atoms with van der Waals surface area (Å²) in [7, 11) is 0. The molecule has 0 aliphatic heterocycles. The van der Waals surface area contributed by atoms with Gasteiger partial charge in [0.1, 0.15) is 11.7 Å². The van der Waals surface area contributed by atoms with E-state index in [2.05, 4.69) is 26.2 Å². The number of halogens is 1. The minimum Gasteiger partial charge on any atom is -0.509 e. The molecular formula is C17H20BrN3O4. The molecule has 1 aromatic rings. The zero-order valence-corrected chi connectivity index (χ0v) is 15.8. The van der Waals surface area contributed by atoms with Gasteiger partial charge >= 0.3 is 5.97 Å². The Morgan fingerprint density at radius 2 is 2.12 bits per heavy atom. The van der Waals surface area contributed by atoms with Gasteiger partial charge in [-0.05, 0) is 46.5 Å². The fourth-order valence-corrected chi connectivity index (χ4v) is 3.20. The number of aliphatic hydroxyl groups excluding tert-OH is 1. The Kier molecular flexibility index (Phi) is 5.62. The van der Waals surface area contributed by atoms with Crippen molar-refractivity contribution in [2.45, 2.75) is 27.2 Å². The first-order valence-corrected chi connectivity index (χ1v) is 8.56. The van der Waals surface area contributed by atoms with Gasteiger partial charge in [-0.15, -0.1) is 10.2 Å². The molecule has 134 valence electrons. The van der Waals surface area contributed by atoms with Crippen LogP contribution in [0, 0.1) is 11.3 Å². The Hall–Kier alpha value is -2.22. The summed E-state index contributed by atoms with van der Waals surface area (Å²) in [6, 6.07) is 4.91. The molecule has 1 atom stereocenters. The number of nitrogen functional groups attached to an aromatic ring is 1. The largest absolute Gasteiger partial charge is 0.509 e. The van der Waals surface area contributed by atoms with E-state index in [1.165, 1.54) is 0 Å². The number of carbonyl (C=O) groups is 2. The molecule has 1 aliphatic rings. The summed E-state index contributed by atoms with van der Waals surface area (Å²) in [5, 5.41) is 18.4. The number of azo groups is 1. The Labute approximate surface area is 154 Å². The lowest BCUT2D eigenvalue weighted by atomic mass is 9.70. The molecule has 0 saturated carbocycles. The molecule has 0 radical (unpaired) electrons. The third-order valence-electron chi connectivity index (χ3n) is 3.93. The molecule has 7 nitrogen and oxygen atoms in total. The average molecular weight is 410 g/mol. The lowest BCUT2D eigenvalue weighted by Gasteiger charge is -2.35. The van der Waals surface area contributed by atoms with Crippen LogP contribution in [0.4, 0.5) is 11.4 Å². The van der Waals surface area contributed by atoms with E-state index in [1.54, 1.807) is 39.0 Å². The molecule has 2 rings (SSSR count). The summed E-state index contributed by atoms with van der Waals surface area (Å²) in [4.78, 5) is 24.6. The fourth-order valence-electron chi connectivity index (χ4n) is 2.72. The predicted molar refractivity (Wildman–Crippen MR) is 96.3 cm³/mol. The van der Waals surface area contributed by atoms with Crippen molar-refractivity contribution in [1.82, 2.24) is 0 Å². The number of benzene rings is 1. The molecule has 1 unspecified atom stereocenters. The highest BCUT2D eigenvalue weighted by atomic mass is 79.9. The first kappa shape index (κ1) is 19.1. The number of nitrogens with two attached hydrogens (primary N) is 1. The van der Waals surface area contributed by atoms with Gasteiger partial charge in [-0.3, -0.25) is 9.59 Å². The molecule has 25 heavy (non-hydrogen) atoms. The van der Waals surface area contributed by atoms with Gasteiger partial charge in [0.25, 0.3) is 0 Å². The third kappa shape index (κ3) is 4.07. The van der Waals surface area contributed by atoms with Crippen LogP contribution in [0.2, 0.25) is 0 Å². The van der Waals surface area contributed by atoms with Gasteiger partial charge in [0.2, 0.25) is 0 Å². The van der Waals surface area contributed by atoms with Gasteiger partial charge in [-0.25, -0.2) is 0 Å². The normalized spacial score (nSPS) is 20.2. The molecule has 0 heterocycles. The Balaban J connectivity index is 2.43. The first-order valence-electron chi connectivity index (χ1n) is 7.77. The van der Waals surface area contributed by atoms with Crippen LogP contribution in [0.1, 0.15) is 27.2 Å². The van der Waals surface area contributed by atoms with Crippen molar-refractivity contribution in [3.63, 3.8) is 0 Å². The van der Waals surface area contributed by atoms with Gasteiger partial charge in [0.05, 0.1) is 12.3 Å². The Morgan fingerprint density at radius 3 is 2.72 bits per heavy atom. The maximum atomic E-state index is 12.4. The number of ether oxygens (including phenoxy) is 1. The van der Waals surface area contributed by atoms with E-state index in [0.717, 1.165) is 0 Å². The minimum atomic E-state index is -0.964. The van der Waals surface area contributed by atoms with Gasteiger partial charge in [0.15, 0.2) is 11.5 Å². The van der Waals surface area contributed by atoms with Crippen LogP contribution in [-0.2, 0) is 14.3 Å². The summed E-state index contributed by atoms with van der Waals surface area (Å²) >= 11 is 3.30. The van der Waals surface area contributed by atoms with Gasteiger partial charge in [-0.1, -0.05) is 13.8 Å². The van der Waals surface area contributed by atoms with Crippen molar-refractivity contribution < 1.29 is 19.4 Å². The molecule has 0 bridgehead atoms. The van der Waals surface area contributed by atoms with E-state index in [4.69, 9.17) is 10.5 Å². The maximum absolute atomic E-state index is 12.4. The van der Waals surface area contributed by atoms with Crippen molar-refractivity contribution in [3.05, 3.63) is 34.1 Å². The predicted octanol–water partition coefficient (Wildman–Crippen LogP) is 4.06. The quantitative estimate of drug-likeness (QED) is 0.441. The average Bonchev–Trinajstić information content (AvgIpc) is 2.47. The molecular weight excluding hydrogens is 390 g/mol. The van der Waals surface area contributed by atoms with E-state index in [1.807, 2.05) is 0 Å². The summed E-state index contributed by atoms with van der Waals surface area (Å²) in [5.41, 5.74) is 5.66. The van der Waals surface area contributed by atoms with Gasteiger partial charge < -0.3 is 15.6 Å². The molecule has 0 aromatic heterocycles. The van der Waals surface area contributed by atoms with Crippen LogP contribution in [0.3, 0.4) is 0 Å². The van der Waals surface area contributed by atoms with Gasteiger partial charge in [0, 0.05) is 16.6 Å². The molecule has 3 N–H and O–H groups in total.